The van der Waals surface area contributed by atoms with Crippen LogP contribution in [0.15, 0.2) is 0 Å². The van der Waals surface area contributed by atoms with Gasteiger partial charge in [0.25, 0.3) is 0 Å². The van der Waals surface area contributed by atoms with Gasteiger partial charge in [-0.1, -0.05) is 6.92 Å². The summed E-state index contributed by atoms with van der Waals surface area (Å²) < 4.78 is 0. The van der Waals surface area contributed by atoms with Gasteiger partial charge in [0.15, 0.2) is 0 Å². The van der Waals surface area contributed by atoms with Crippen LogP contribution in [0.2, 0.25) is 0 Å². The summed E-state index contributed by atoms with van der Waals surface area (Å²) in [6.45, 7) is 5.24. The lowest BCUT2D eigenvalue weighted by Crippen LogP contribution is -2.11. The van der Waals surface area contributed by atoms with Crippen molar-refractivity contribution >= 4 is 0 Å². The topological polar surface area (TPSA) is 40.7 Å². The van der Waals surface area contributed by atoms with E-state index >= 15 is 0 Å². The third kappa shape index (κ3) is 1.85. The van der Waals surface area contributed by atoms with E-state index in [1.165, 1.54) is 17.0 Å². The number of H-pyrrole nitrogens is 1. The lowest BCUT2D eigenvalue weighted by atomic mass is 10.1. The van der Waals surface area contributed by atoms with Crippen LogP contribution in [0.4, 0.5) is 0 Å². The van der Waals surface area contributed by atoms with Crippen LogP contribution in [-0.4, -0.2) is 23.8 Å². The molecule has 0 aliphatic carbocycles. The molecule has 3 nitrogen and oxygen atoms in total. The molecule has 1 aromatic rings. The minimum atomic E-state index is 1.02. The molecule has 1 rings (SSSR count). The number of nitrogens with zero attached hydrogens (tertiary/aromatic N) is 1. The van der Waals surface area contributed by atoms with Gasteiger partial charge in [-0.25, -0.2) is 0 Å². The number of aryl methyl sites for hydroxylation is 2. The minimum Gasteiger partial charge on any atom is -0.319 e. The summed E-state index contributed by atoms with van der Waals surface area (Å²) >= 11 is 0. The van der Waals surface area contributed by atoms with Crippen molar-refractivity contribution in [1.29, 1.82) is 0 Å². The molecule has 0 aromatic carbocycles. The zero-order valence-corrected chi connectivity index (χ0v) is 8.07. The van der Waals surface area contributed by atoms with Crippen molar-refractivity contribution in [3.8, 4) is 0 Å². The predicted octanol–water partition coefficient (Wildman–Crippen LogP) is 1.04. The molecule has 2 N–H and O–H groups in total. The van der Waals surface area contributed by atoms with Crippen LogP contribution in [0, 0.1) is 6.92 Å². The summed E-state index contributed by atoms with van der Waals surface area (Å²) in [7, 11) is 1.97. The maximum atomic E-state index is 4.23. The third-order valence-electron chi connectivity index (χ3n) is 2.12. The average molecular weight is 167 g/mol. The Morgan fingerprint density at radius 3 is 2.83 bits per heavy atom. The van der Waals surface area contributed by atoms with Gasteiger partial charge in [0, 0.05) is 5.69 Å². The maximum absolute atomic E-state index is 4.23. The molecule has 0 bridgehead atoms. The monoisotopic (exact) mass is 167 g/mol. The number of rotatable bonds is 4. The van der Waals surface area contributed by atoms with Gasteiger partial charge in [-0.2, -0.15) is 5.10 Å². The van der Waals surface area contributed by atoms with Crippen molar-refractivity contribution < 1.29 is 0 Å². The van der Waals surface area contributed by atoms with Crippen molar-refractivity contribution in [3.05, 3.63) is 17.0 Å². The van der Waals surface area contributed by atoms with Crippen molar-refractivity contribution in [3.63, 3.8) is 0 Å². The molecule has 3 heteroatoms. The van der Waals surface area contributed by atoms with E-state index in [0.717, 1.165) is 19.4 Å². The molecule has 0 aliphatic rings. The molecule has 0 unspecified atom stereocenters. The predicted molar refractivity (Wildman–Crippen MR) is 50.3 cm³/mol. The molecule has 0 radical (unpaired) electrons. The van der Waals surface area contributed by atoms with Crippen LogP contribution in [0.5, 0.6) is 0 Å². The summed E-state index contributed by atoms with van der Waals surface area (Å²) in [5.41, 5.74) is 3.80. The molecular formula is C9H17N3. The van der Waals surface area contributed by atoms with Crippen LogP contribution in [-0.2, 0) is 12.8 Å². The Bertz CT molecular complexity index is 240. The van der Waals surface area contributed by atoms with E-state index in [1.807, 2.05) is 7.05 Å². The van der Waals surface area contributed by atoms with Crippen LogP contribution < -0.4 is 5.32 Å². The first-order valence-electron chi connectivity index (χ1n) is 4.46. The average Bonchev–Trinajstić information content (AvgIpc) is 2.43. The van der Waals surface area contributed by atoms with Gasteiger partial charge in [-0.3, -0.25) is 5.10 Å². The summed E-state index contributed by atoms with van der Waals surface area (Å²) in [5.74, 6) is 0. The van der Waals surface area contributed by atoms with Crippen molar-refractivity contribution in [2.24, 2.45) is 0 Å². The van der Waals surface area contributed by atoms with Gasteiger partial charge in [0.1, 0.15) is 0 Å². The molecule has 0 fully saturated rings. The first kappa shape index (κ1) is 9.26. The van der Waals surface area contributed by atoms with E-state index in [0.29, 0.717) is 0 Å². The number of hydrogen-bond donors (Lipinski definition) is 2. The normalized spacial score (nSPS) is 10.6. The maximum Gasteiger partial charge on any atom is 0.0654 e. The summed E-state index contributed by atoms with van der Waals surface area (Å²) in [6.07, 6.45) is 2.09. The number of aromatic amines is 1. The fraction of sp³-hybridized carbons (Fsp3) is 0.667. The summed E-state index contributed by atoms with van der Waals surface area (Å²) in [4.78, 5) is 0. The van der Waals surface area contributed by atoms with Gasteiger partial charge in [0.05, 0.1) is 5.69 Å². The zero-order chi connectivity index (χ0) is 8.97. The highest BCUT2D eigenvalue weighted by Gasteiger charge is 2.06. The lowest BCUT2D eigenvalue weighted by Gasteiger charge is -2.00. The fourth-order valence-electron chi connectivity index (χ4n) is 1.38. The number of aromatic nitrogens is 2. The van der Waals surface area contributed by atoms with Crippen LogP contribution in [0.25, 0.3) is 0 Å². The van der Waals surface area contributed by atoms with E-state index in [1.54, 1.807) is 0 Å². The first-order valence-corrected chi connectivity index (χ1v) is 4.46. The Labute approximate surface area is 73.6 Å². The standard InChI is InChI=1S/C9H17N3/c1-4-9-8(5-6-10-3)7(2)11-12-9/h10H,4-6H2,1-3H3,(H,11,12). The number of hydrogen-bond acceptors (Lipinski definition) is 2. The van der Waals surface area contributed by atoms with Crippen LogP contribution in [0.3, 0.4) is 0 Å². The largest absolute Gasteiger partial charge is 0.319 e. The second-order valence-electron chi connectivity index (χ2n) is 2.98. The number of nitrogens with one attached hydrogen (secondary N) is 2. The Morgan fingerprint density at radius 2 is 2.25 bits per heavy atom. The second kappa shape index (κ2) is 4.26. The molecule has 0 atom stereocenters. The highest BCUT2D eigenvalue weighted by atomic mass is 15.1. The zero-order valence-electron chi connectivity index (χ0n) is 8.07. The SMILES string of the molecule is CCc1n[nH]c(C)c1CCNC. The van der Waals surface area contributed by atoms with Gasteiger partial charge < -0.3 is 5.32 Å². The van der Waals surface area contributed by atoms with E-state index in [9.17, 15) is 0 Å². The van der Waals surface area contributed by atoms with E-state index in [2.05, 4.69) is 29.4 Å². The molecule has 68 valence electrons. The lowest BCUT2D eigenvalue weighted by molar-refractivity contribution is 0.782. The Morgan fingerprint density at radius 1 is 1.50 bits per heavy atom. The highest BCUT2D eigenvalue weighted by molar-refractivity contribution is 5.24. The van der Waals surface area contributed by atoms with Crippen molar-refractivity contribution in [1.82, 2.24) is 15.5 Å². The minimum absolute atomic E-state index is 1.02. The molecule has 0 aliphatic heterocycles. The van der Waals surface area contributed by atoms with Crippen LogP contribution in [0.1, 0.15) is 23.9 Å². The van der Waals surface area contributed by atoms with Crippen molar-refractivity contribution in [2.75, 3.05) is 13.6 Å². The third-order valence-corrected chi connectivity index (χ3v) is 2.12. The Hall–Kier alpha value is -0.830. The van der Waals surface area contributed by atoms with E-state index in [4.69, 9.17) is 0 Å². The molecule has 1 aromatic heterocycles. The van der Waals surface area contributed by atoms with E-state index < -0.39 is 0 Å². The second-order valence-corrected chi connectivity index (χ2v) is 2.98. The van der Waals surface area contributed by atoms with Gasteiger partial charge >= 0.3 is 0 Å². The Kier molecular flexibility index (Phi) is 3.29. The van der Waals surface area contributed by atoms with Crippen molar-refractivity contribution in [2.45, 2.75) is 26.7 Å². The van der Waals surface area contributed by atoms with Crippen LogP contribution >= 0.6 is 0 Å². The molecule has 1 heterocycles. The molecule has 0 amide bonds. The molecule has 0 saturated heterocycles. The molecule has 0 saturated carbocycles. The Balaban J connectivity index is 2.72. The van der Waals surface area contributed by atoms with Gasteiger partial charge in [-0.05, 0) is 38.9 Å². The number of likely N-dealkylation sites (N-methyl/N-ethyl adjacent to an activating group) is 1. The molecular weight excluding hydrogens is 150 g/mol. The smallest absolute Gasteiger partial charge is 0.0654 e. The van der Waals surface area contributed by atoms with E-state index in [-0.39, 0.29) is 0 Å². The first-order chi connectivity index (χ1) is 5.79. The molecule has 12 heavy (non-hydrogen) atoms. The summed E-state index contributed by atoms with van der Waals surface area (Å²) in [5, 5.41) is 10.4. The van der Waals surface area contributed by atoms with Gasteiger partial charge in [-0.15, -0.1) is 0 Å². The quantitative estimate of drug-likeness (QED) is 0.703. The summed E-state index contributed by atoms with van der Waals surface area (Å²) in [6, 6.07) is 0. The molecule has 0 spiro atoms. The fourth-order valence-corrected chi connectivity index (χ4v) is 1.38. The highest BCUT2D eigenvalue weighted by Crippen LogP contribution is 2.10. The van der Waals surface area contributed by atoms with Gasteiger partial charge in [0.2, 0.25) is 0 Å².